The van der Waals surface area contributed by atoms with E-state index in [-0.39, 0.29) is 109 Å². The van der Waals surface area contributed by atoms with Crippen molar-refractivity contribution in [2.45, 2.75) is 77.7 Å². The molecule has 0 spiro atoms. The summed E-state index contributed by atoms with van der Waals surface area (Å²) in [5.41, 5.74) is 5.59. The van der Waals surface area contributed by atoms with Crippen LogP contribution in [-0.2, 0) is 38.1 Å². The first kappa shape index (κ1) is 89.9. The molecule has 6 aromatic rings. The first-order valence-electron chi connectivity index (χ1n) is 30.8. The fourth-order valence-electron chi connectivity index (χ4n) is 11.1. The van der Waals surface area contributed by atoms with Crippen molar-refractivity contribution in [2.75, 3.05) is 81.6 Å². The Morgan fingerprint density at radius 2 is 0.867 bits per heavy atom. The number of nitrogens with one attached hydrogen (secondary N) is 2. The molecule has 16 nitrogen and oxygen atoms in total. The van der Waals surface area contributed by atoms with Crippen LogP contribution in [-0.4, -0.2) is 134 Å². The first-order chi connectivity index (χ1) is 46.6. The third-order valence-electron chi connectivity index (χ3n) is 15.8. The van der Waals surface area contributed by atoms with Gasteiger partial charge < -0.3 is 55.8 Å². The summed E-state index contributed by atoms with van der Waals surface area (Å²) in [6.07, 6.45) is 3.92. The molecule has 0 radical (unpaired) electrons. The van der Waals surface area contributed by atoms with Gasteiger partial charge in [0.05, 0.1) is 49.4 Å². The maximum absolute atomic E-state index is 13.6. The maximum atomic E-state index is 13.6. The average molecular weight is 2830 g/mol. The molecule has 6 saturated heterocycles. The van der Waals surface area contributed by atoms with E-state index in [2.05, 4.69) is 167 Å². The summed E-state index contributed by atoms with van der Waals surface area (Å²) in [4.78, 5) is 86.6. The normalized spacial score (nSPS) is 19.6. The van der Waals surface area contributed by atoms with Gasteiger partial charge >= 0.3 is 200 Å². The number of anilines is 2. The monoisotopic (exact) mass is 2820 g/mol. The van der Waals surface area contributed by atoms with Crippen molar-refractivity contribution in [1.29, 1.82) is 0 Å². The molecule has 0 unspecified atom stereocenters. The predicted octanol–water partition coefficient (Wildman–Crippen LogP) is 19.2. The molecule has 540 valence electrons. The average Bonchev–Trinajstić information content (AvgIpc) is 0.767. The Hall–Kier alpha value is 1.25. The van der Waals surface area contributed by atoms with Crippen LogP contribution in [0.3, 0.4) is 0 Å². The van der Waals surface area contributed by atoms with Crippen molar-refractivity contribution in [3.63, 3.8) is 0 Å². The number of carbonyl (C=O) groups excluding carboxylic acids is 7. The molecule has 6 aliphatic heterocycles. The second-order valence-electron chi connectivity index (χ2n) is 22.1. The van der Waals surface area contributed by atoms with Crippen molar-refractivity contribution in [3.8, 4) is 0 Å². The molecule has 6 fully saturated rings. The molecule has 0 saturated carbocycles. The molecule has 2 N–H and O–H groups in total. The quantitative estimate of drug-likeness (QED) is 0.0145. The Bertz CT molecular complexity index is 3400. The van der Waals surface area contributed by atoms with Gasteiger partial charge in [-0.2, -0.15) is 0 Å². The van der Waals surface area contributed by atoms with Gasteiger partial charge in [-0.1, -0.05) is 137 Å². The van der Waals surface area contributed by atoms with E-state index in [0.29, 0.717) is 71.5 Å². The number of piperidine rings is 6. The summed E-state index contributed by atoms with van der Waals surface area (Å²) < 4.78 is 27.1. The minimum absolute atomic E-state index is 0. The van der Waals surface area contributed by atoms with E-state index in [4.69, 9.17) is 18.9 Å². The number of Topliss-reactive ketones (excluding diaryl/α,β-unsaturated/α-hetero) is 2. The molecule has 0 aliphatic carbocycles. The van der Waals surface area contributed by atoms with E-state index in [9.17, 15) is 33.6 Å². The Morgan fingerprint density at radius 3 is 1.21 bits per heavy atom. The van der Waals surface area contributed by atoms with Crippen LogP contribution < -0.4 is 27.6 Å². The summed E-state index contributed by atoms with van der Waals surface area (Å²) in [6.45, 7) is 13.8. The zero-order chi connectivity index (χ0) is 70.4. The molecule has 6 aliphatic rings. The van der Waals surface area contributed by atoms with Crippen LogP contribution in [0.5, 0.6) is 0 Å². The van der Waals surface area contributed by atoms with E-state index < -0.39 is 18.1 Å². The summed E-state index contributed by atoms with van der Waals surface area (Å²) >= 11 is 23.2. The molecular weight excluding hydrogens is 2750 g/mol. The van der Waals surface area contributed by atoms with Crippen LogP contribution in [0, 0.1) is 11.8 Å². The molecule has 30 heteroatoms. The van der Waals surface area contributed by atoms with Gasteiger partial charge in [0.1, 0.15) is 19.2 Å². The predicted molar refractivity (Wildman–Crippen MR) is 498 cm³/mol. The Labute approximate surface area is 683 Å². The van der Waals surface area contributed by atoms with Crippen molar-refractivity contribution in [2.24, 2.45) is 11.8 Å². The molecule has 6 heterocycles. The molecule has 12 rings (SSSR count). The van der Waals surface area contributed by atoms with E-state index in [1.807, 2.05) is 121 Å². The van der Waals surface area contributed by atoms with Crippen LogP contribution in [0.25, 0.3) is 0 Å². The Morgan fingerprint density at radius 1 is 0.500 bits per heavy atom. The summed E-state index contributed by atoms with van der Waals surface area (Å²) in [5, 5.41) is 6.97. The minimum atomic E-state index is -0.628. The molecule has 4 atom stereocenters. The Balaban J connectivity index is 0.000000251. The van der Waals surface area contributed by atoms with E-state index in [1.54, 1.807) is 69.3 Å². The van der Waals surface area contributed by atoms with Gasteiger partial charge in [0.15, 0.2) is 24.0 Å². The second kappa shape index (κ2) is 48.6. The van der Waals surface area contributed by atoms with Crippen molar-refractivity contribution < 1.29 is 78.7 Å². The number of carbonyl (C=O) groups is 7. The topological polar surface area (TPSA) is 193 Å². The molecule has 6 aromatic carbocycles. The number of benzene rings is 6. The standard InChI is InChI=1S/C32H35N2O5.C21H24N2O2.C11H11BrO3.C4H8O2.BrH.I12/c1-2-38-31(36)26-15-13-23(14-16-26)28(35)21-34-19-17-24(18-20-34)29(22-34)39-32(37)30(25-9-5-3-6-10-25)33-27-11-7-4-8-12-27;24-21(25-19-15-23-13-11-16(19)12-14-23)20(17-7-3-1-4-8-17)22-18-9-5-2-6-10-18;1-2-15-11(14)9-5-3-8(4-6-9)10(13)7-12;1-3-6-4(2)5;;1-8(2)10(5)12(7)11(6)9(3)4/h3-16,24,29-30,33H,2,17-22H2,1H3;1-10,16,19-20,22H,11-15H2;3-6H,2,7H2,1H3;3H2,1-2H3;1H;/q+1;;;;;/p-1/t24?,29-,30+,34?;19-,20+;;;;/m00..../s1. The van der Waals surface area contributed by atoms with Gasteiger partial charge in [0.2, 0.25) is 5.78 Å². The van der Waals surface area contributed by atoms with Gasteiger partial charge in [0, 0.05) is 54.7 Å². The molecule has 0 amide bonds. The number of nitrogens with zero attached hydrogens (tertiary/aromatic N) is 2. The number of esters is 5. The third-order valence-corrected chi connectivity index (χ3v) is 677. The van der Waals surface area contributed by atoms with Crippen LogP contribution in [0.15, 0.2) is 170 Å². The zero-order valence-corrected chi connectivity index (χ0v) is 82.9. The van der Waals surface area contributed by atoms with Crippen molar-refractivity contribution in [3.05, 3.63) is 203 Å². The SMILES string of the molecule is CCOC(=O)c1ccc(C(=O)CBr)cc1.CCOC(=O)c1ccc(C(=O)C[N+]23CCC(CC2)[C@@H](OC(=O)[C@H](Nc2ccccc2)c2ccccc2)C3)cc1.CCOC(C)=O.II(I)I(I)I(I)I(I)I(I)I.O=C(O[C@H]1CN2CCC1CC2)[C@H](Nc1ccccc1)c1ccccc1.[Br-]. The van der Waals surface area contributed by atoms with Crippen LogP contribution >= 0.6 is 186 Å². The number of quaternary nitrogens is 1. The van der Waals surface area contributed by atoms with Gasteiger partial charge in [0.25, 0.3) is 0 Å². The van der Waals surface area contributed by atoms with Gasteiger partial charge in [-0.3, -0.25) is 19.3 Å². The van der Waals surface area contributed by atoms with Crippen LogP contribution in [0.4, 0.5) is 11.4 Å². The van der Waals surface area contributed by atoms with E-state index >= 15 is 0 Å². The number of rotatable bonds is 24. The van der Waals surface area contributed by atoms with Crippen molar-refractivity contribution in [1.82, 2.24) is 4.90 Å². The fourth-order valence-corrected chi connectivity index (χ4v) is 1270. The first-order valence-corrected chi connectivity index (χ1v) is 101. The van der Waals surface area contributed by atoms with Crippen LogP contribution in [0.1, 0.15) is 118 Å². The molecule has 0 aromatic heterocycles. The number of hydrogen-bond acceptors (Lipinski definition) is 15. The minimum Gasteiger partial charge on any atom is -1.00 e. The largest absolute Gasteiger partial charge is 1.00 e. The number of alkyl halides is 1. The second-order valence-corrected chi connectivity index (χ2v) is 266. The number of fused-ring (bicyclic) bond motifs is 6. The summed E-state index contributed by atoms with van der Waals surface area (Å²) in [5.74, 6) is -0.613. The maximum Gasteiger partial charge on any atom is 0.333 e. The number of ketones is 2. The molecular formula is C68H78Br2I12N4O12. The molecule has 4 bridgehead atoms. The van der Waals surface area contributed by atoms with Crippen molar-refractivity contribution >= 4 is 239 Å². The van der Waals surface area contributed by atoms with E-state index in [1.165, 1.54) is 6.92 Å². The summed E-state index contributed by atoms with van der Waals surface area (Å²) in [7, 11) is -1.71. The van der Waals surface area contributed by atoms with E-state index in [0.717, 1.165) is 80.9 Å². The summed E-state index contributed by atoms with van der Waals surface area (Å²) in [6, 6.07) is 50.9. The van der Waals surface area contributed by atoms with Gasteiger partial charge in [-0.25, -0.2) is 19.2 Å². The van der Waals surface area contributed by atoms with Gasteiger partial charge in [-0.05, 0) is 112 Å². The number of hydrogen-bond donors (Lipinski definition) is 2. The number of ether oxygens (including phenoxy) is 5. The smallest absolute Gasteiger partial charge is 0.333 e. The number of para-hydroxylation sites is 2. The number of halogens is 14. The van der Waals surface area contributed by atoms with Crippen LogP contribution in [0.2, 0.25) is 0 Å². The van der Waals surface area contributed by atoms with Gasteiger partial charge in [-0.15, -0.1) is 0 Å². The zero-order valence-electron chi connectivity index (χ0n) is 53.8. The Kier molecular flexibility index (Phi) is 44.6. The molecule has 98 heavy (non-hydrogen) atoms. The third kappa shape index (κ3) is 30.4. The fraction of sp³-hybridized carbons (Fsp3) is 0.368.